The third-order valence-corrected chi connectivity index (χ3v) is 5.20. The highest BCUT2D eigenvalue weighted by atomic mass is 32.2. The second-order valence-corrected chi connectivity index (χ2v) is 7.63. The van der Waals surface area contributed by atoms with Crippen LogP contribution in [0.2, 0.25) is 0 Å². The zero-order chi connectivity index (χ0) is 16.5. The van der Waals surface area contributed by atoms with E-state index < -0.39 is 0 Å². The van der Waals surface area contributed by atoms with Crippen molar-refractivity contribution in [3.63, 3.8) is 0 Å². The van der Waals surface area contributed by atoms with Crippen molar-refractivity contribution in [1.29, 1.82) is 0 Å². The van der Waals surface area contributed by atoms with Crippen LogP contribution in [0.3, 0.4) is 0 Å². The Morgan fingerprint density at radius 1 is 1.35 bits per heavy atom. The predicted octanol–water partition coefficient (Wildman–Crippen LogP) is 2.82. The van der Waals surface area contributed by atoms with Crippen LogP contribution in [0.4, 0.5) is 0 Å². The van der Waals surface area contributed by atoms with Crippen molar-refractivity contribution in [2.45, 2.75) is 42.9 Å². The minimum atomic E-state index is 0.460. The largest absolute Gasteiger partial charge is 0.357 e. The van der Waals surface area contributed by atoms with Gasteiger partial charge < -0.3 is 15.5 Å². The van der Waals surface area contributed by atoms with Crippen LogP contribution in [-0.4, -0.2) is 55.4 Å². The predicted molar refractivity (Wildman–Crippen MR) is 101 cm³/mol. The van der Waals surface area contributed by atoms with E-state index in [9.17, 15) is 0 Å². The highest BCUT2D eigenvalue weighted by Gasteiger charge is 2.20. The van der Waals surface area contributed by atoms with Crippen molar-refractivity contribution < 1.29 is 0 Å². The lowest BCUT2D eigenvalue weighted by Gasteiger charge is -2.21. The summed E-state index contributed by atoms with van der Waals surface area (Å²) in [6.07, 6.45) is 2.59. The Morgan fingerprint density at radius 2 is 2.13 bits per heavy atom. The van der Waals surface area contributed by atoms with Crippen molar-refractivity contribution in [2.24, 2.45) is 4.99 Å². The minimum absolute atomic E-state index is 0.460. The number of likely N-dealkylation sites (N-methyl/N-ethyl adjacent to an activating group) is 1. The van der Waals surface area contributed by atoms with Crippen LogP contribution >= 0.6 is 11.8 Å². The van der Waals surface area contributed by atoms with Crippen LogP contribution in [0.1, 0.15) is 26.7 Å². The zero-order valence-electron chi connectivity index (χ0n) is 14.6. The number of guanidine groups is 1. The quantitative estimate of drug-likeness (QED) is 0.457. The first-order valence-electron chi connectivity index (χ1n) is 8.63. The SMILES string of the molecule is CCNC(=NCC(C)Sc1ccccc1)NCC1CCCN1C. The highest BCUT2D eigenvalue weighted by Crippen LogP contribution is 2.22. The van der Waals surface area contributed by atoms with Gasteiger partial charge in [-0.1, -0.05) is 25.1 Å². The fraction of sp³-hybridized carbons (Fsp3) is 0.611. The van der Waals surface area contributed by atoms with Crippen molar-refractivity contribution in [2.75, 3.05) is 33.2 Å². The van der Waals surface area contributed by atoms with E-state index >= 15 is 0 Å². The molecule has 1 saturated heterocycles. The Kier molecular flexibility index (Phi) is 7.76. The van der Waals surface area contributed by atoms with Gasteiger partial charge in [0.15, 0.2) is 5.96 Å². The fourth-order valence-corrected chi connectivity index (χ4v) is 3.71. The molecule has 1 aromatic rings. The van der Waals surface area contributed by atoms with Gasteiger partial charge in [0.2, 0.25) is 0 Å². The molecule has 1 aliphatic heterocycles. The van der Waals surface area contributed by atoms with Crippen LogP contribution in [0.15, 0.2) is 40.2 Å². The lowest BCUT2D eigenvalue weighted by Crippen LogP contribution is -2.44. The average molecular weight is 335 g/mol. The van der Waals surface area contributed by atoms with Crippen LogP contribution in [-0.2, 0) is 0 Å². The maximum absolute atomic E-state index is 4.75. The summed E-state index contributed by atoms with van der Waals surface area (Å²) in [6.45, 7) is 8.24. The number of nitrogens with one attached hydrogen (secondary N) is 2. The monoisotopic (exact) mass is 334 g/mol. The van der Waals surface area contributed by atoms with Gasteiger partial charge in [-0.05, 0) is 45.5 Å². The Bertz CT molecular complexity index is 477. The summed E-state index contributed by atoms with van der Waals surface area (Å²) in [5.74, 6) is 0.938. The van der Waals surface area contributed by atoms with E-state index in [4.69, 9.17) is 4.99 Å². The molecule has 1 aromatic carbocycles. The van der Waals surface area contributed by atoms with Crippen LogP contribution < -0.4 is 10.6 Å². The molecule has 0 spiro atoms. The highest BCUT2D eigenvalue weighted by molar-refractivity contribution is 8.00. The third-order valence-electron chi connectivity index (χ3n) is 4.11. The summed E-state index contributed by atoms with van der Waals surface area (Å²) >= 11 is 1.88. The van der Waals surface area contributed by atoms with Crippen molar-refractivity contribution in [3.8, 4) is 0 Å². The Morgan fingerprint density at radius 3 is 2.78 bits per heavy atom. The van der Waals surface area contributed by atoms with Crippen LogP contribution in [0.25, 0.3) is 0 Å². The molecule has 0 bridgehead atoms. The molecular weight excluding hydrogens is 304 g/mol. The Labute approximate surface area is 145 Å². The minimum Gasteiger partial charge on any atom is -0.357 e. The summed E-state index contributed by atoms with van der Waals surface area (Å²) in [5, 5.41) is 7.31. The summed E-state index contributed by atoms with van der Waals surface area (Å²) in [5.41, 5.74) is 0. The number of hydrogen-bond acceptors (Lipinski definition) is 3. The van der Waals surface area contributed by atoms with Gasteiger partial charge in [0.1, 0.15) is 0 Å². The number of thioether (sulfide) groups is 1. The second-order valence-electron chi connectivity index (χ2n) is 6.12. The molecule has 5 heteroatoms. The van der Waals surface area contributed by atoms with Gasteiger partial charge in [0, 0.05) is 29.3 Å². The van der Waals surface area contributed by atoms with Gasteiger partial charge in [-0.3, -0.25) is 4.99 Å². The number of rotatable bonds is 7. The van der Waals surface area contributed by atoms with Crippen LogP contribution in [0.5, 0.6) is 0 Å². The molecule has 2 N–H and O–H groups in total. The zero-order valence-corrected chi connectivity index (χ0v) is 15.4. The maximum atomic E-state index is 4.75. The Balaban J connectivity index is 1.80. The topological polar surface area (TPSA) is 39.7 Å². The van der Waals surface area contributed by atoms with E-state index in [2.05, 4.69) is 66.8 Å². The molecule has 0 radical (unpaired) electrons. The van der Waals surface area contributed by atoms with Gasteiger partial charge in [0.25, 0.3) is 0 Å². The number of hydrogen-bond donors (Lipinski definition) is 2. The first kappa shape index (κ1) is 18.1. The average Bonchev–Trinajstić information content (AvgIpc) is 2.96. The summed E-state index contributed by atoms with van der Waals surface area (Å²) in [6, 6.07) is 11.2. The molecule has 2 rings (SSSR count). The number of nitrogens with zero attached hydrogens (tertiary/aromatic N) is 2. The molecule has 0 amide bonds. The molecule has 4 nitrogen and oxygen atoms in total. The molecule has 0 saturated carbocycles. The number of aliphatic imine (C=N–C) groups is 1. The summed E-state index contributed by atoms with van der Waals surface area (Å²) in [4.78, 5) is 8.49. The molecule has 2 atom stereocenters. The summed E-state index contributed by atoms with van der Waals surface area (Å²) in [7, 11) is 2.21. The molecule has 1 fully saturated rings. The van der Waals surface area contributed by atoms with Crippen molar-refractivity contribution >= 4 is 17.7 Å². The van der Waals surface area contributed by atoms with Crippen molar-refractivity contribution in [1.82, 2.24) is 15.5 Å². The lowest BCUT2D eigenvalue weighted by atomic mass is 10.2. The van der Waals surface area contributed by atoms with E-state index in [-0.39, 0.29) is 0 Å². The van der Waals surface area contributed by atoms with E-state index in [1.807, 2.05) is 11.8 Å². The molecular formula is C18H30N4S. The molecule has 0 aliphatic carbocycles. The molecule has 128 valence electrons. The van der Waals surface area contributed by atoms with Gasteiger partial charge in [-0.2, -0.15) is 0 Å². The first-order valence-corrected chi connectivity index (χ1v) is 9.51. The van der Waals surface area contributed by atoms with Gasteiger partial charge in [0.05, 0.1) is 6.54 Å². The molecule has 0 aromatic heterocycles. The molecule has 1 aliphatic rings. The number of benzene rings is 1. The van der Waals surface area contributed by atoms with E-state index in [0.717, 1.165) is 25.6 Å². The maximum Gasteiger partial charge on any atom is 0.191 e. The smallest absolute Gasteiger partial charge is 0.191 e. The van der Waals surface area contributed by atoms with E-state index in [0.29, 0.717) is 11.3 Å². The molecule has 1 heterocycles. The second kappa shape index (κ2) is 9.83. The van der Waals surface area contributed by atoms with E-state index in [1.54, 1.807) is 0 Å². The summed E-state index contributed by atoms with van der Waals surface area (Å²) < 4.78 is 0. The van der Waals surface area contributed by atoms with Crippen molar-refractivity contribution in [3.05, 3.63) is 30.3 Å². The number of likely N-dealkylation sites (tertiary alicyclic amines) is 1. The van der Waals surface area contributed by atoms with Gasteiger partial charge in [-0.25, -0.2) is 0 Å². The third kappa shape index (κ3) is 6.43. The Hall–Kier alpha value is -1.20. The lowest BCUT2D eigenvalue weighted by molar-refractivity contribution is 0.309. The van der Waals surface area contributed by atoms with Gasteiger partial charge in [-0.15, -0.1) is 11.8 Å². The first-order chi connectivity index (χ1) is 11.2. The van der Waals surface area contributed by atoms with E-state index in [1.165, 1.54) is 24.3 Å². The standard InChI is InChI=1S/C18H30N4S/c1-4-19-18(21-14-16-9-8-12-22(16)3)20-13-15(2)23-17-10-6-5-7-11-17/h5-7,10-11,15-16H,4,8-9,12-14H2,1-3H3,(H2,19,20,21). The fourth-order valence-electron chi connectivity index (χ4n) is 2.78. The van der Waals surface area contributed by atoms with Crippen LogP contribution in [0, 0.1) is 0 Å². The normalized spacial score (nSPS) is 20.5. The molecule has 2 unspecified atom stereocenters. The molecule has 23 heavy (non-hydrogen) atoms. The van der Waals surface area contributed by atoms with Gasteiger partial charge >= 0.3 is 0 Å².